The van der Waals surface area contributed by atoms with Crippen molar-refractivity contribution in [3.63, 3.8) is 0 Å². The summed E-state index contributed by atoms with van der Waals surface area (Å²) in [4.78, 5) is 23.7. The fourth-order valence-electron chi connectivity index (χ4n) is 2.08. The van der Waals surface area contributed by atoms with Gasteiger partial charge in [-0.3, -0.25) is 9.35 Å². The highest BCUT2D eigenvalue weighted by Crippen LogP contribution is 2.47. The Kier molecular flexibility index (Phi) is 7.58. The number of carbonyl (C=O) groups excluding carboxylic acids is 2. The van der Waals surface area contributed by atoms with Gasteiger partial charge in [0, 0.05) is 6.42 Å². The van der Waals surface area contributed by atoms with Gasteiger partial charge in [0.1, 0.15) is 17.1 Å². The number of halogens is 6. The van der Waals surface area contributed by atoms with Gasteiger partial charge >= 0.3 is 29.9 Å². The quantitative estimate of drug-likeness (QED) is 0.218. The molecule has 2 radical (unpaired) electrons. The van der Waals surface area contributed by atoms with Crippen molar-refractivity contribution in [1.29, 1.82) is 0 Å². The largest absolute Gasteiger partial charge is 0.438 e. The van der Waals surface area contributed by atoms with Gasteiger partial charge in [-0.05, 0) is 12.1 Å². The minimum Gasteiger partial charge on any atom is -0.434 e. The zero-order valence-electron chi connectivity index (χ0n) is 15.0. The third-order valence-corrected chi connectivity index (χ3v) is 4.35. The lowest BCUT2D eigenvalue weighted by molar-refractivity contribution is -0.356. The molecule has 15 heteroatoms. The maximum absolute atomic E-state index is 13.3. The lowest BCUT2D eigenvalue weighted by atomic mass is 9.95. The van der Waals surface area contributed by atoms with Crippen LogP contribution >= 0.6 is 0 Å². The normalized spacial score (nSPS) is 13.1. The van der Waals surface area contributed by atoms with Crippen LogP contribution in [0.25, 0.3) is 0 Å². The standard InChI is InChI=1S/C15H13BF6O7S/c1-2-11(23)28-10-5-8(6-16)3-4-9(10)12(24)29-13(14(17,18)19,15(20,21)22)7-30(25,26)27/h3-5H,2,6-7H2,1H3,(H,25,26,27). The summed E-state index contributed by atoms with van der Waals surface area (Å²) in [6.07, 6.45) is -13.4. The molecule has 0 bridgehead atoms. The van der Waals surface area contributed by atoms with Crippen molar-refractivity contribution < 1.29 is 58.4 Å². The van der Waals surface area contributed by atoms with Crippen LogP contribution in [0.5, 0.6) is 5.75 Å². The maximum Gasteiger partial charge on any atom is 0.438 e. The lowest BCUT2D eigenvalue weighted by Gasteiger charge is -2.35. The Hall–Kier alpha value is -2.29. The number of hydrogen-bond donors (Lipinski definition) is 1. The molecule has 0 spiro atoms. The predicted octanol–water partition coefficient (Wildman–Crippen LogP) is 2.58. The van der Waals surface area contributed by atoms with Crippen LogP contribution in [0.2, 0.25) is 0 Å². The average molecular weight is 462 g/mol. The summed E-state index contributed by atoms with van der Waals surface area (Å²) in [5, 5.41) is 0. The summed E-state index contributed by atoms with van der Waals surface area (Å²) in [5.74, 6) is -7.09. The van der Waals surface area contributed by atoms with E-state index in [4.69, 9.17) is 17.1 Å². The van der Waals surface area contributed by atoms with E-state index in [0.29, 0.717) is 6.07 Å². The van der Waals surface area contributed by atoms with Crippen molar-refractivity contribution in [2.24, 2.45) is 0 Å². The summed E-state index contributed by atoms with van der Waals surface area (Å²) >= 11 is 0. The molecule has 0 atom stereocenters. The monoisotopic (exact) mass is 462 g/mol. The van der Waals surface area contributed by atoms with Crippen molar-refractivity contribution in [1.82, 2.24) is 0 Å². The van der Waals surface area contributed by atoms with Gasteiger partial charge in [-0.25, -0.2) is 4.79 Å². The van der Waals surface area contributed by atoms with Gasteiger partial charge in [-0.1, -0.05) is 24.9 Å². The molecule has 166 valence electrons. The van der Waals surface area contributed by atoms with Crippen LogP contribution in [-0.2, 0) is 26.0 Å². The van der Waals surface area contributed by atoms with E-state index in [1.807, 2.05) is 0 Å². The first-order valence-corrected chi connectivity index (χ1v) is 9.44. The van der Waals surface area contributed by atoms with Crippen LogP contribution in [0.15, 0.2) is 18.2 Å². The second kappa shape index (κ2) is 8.84. The third-order valence-electron chi connectivity index (χ3n) is 3.58. The summed E-state index contributed by atoms with van der Waals surface area (Å²) in [7, 11) is -0.594. The van der Waals surface area contributed by atoms with Crippen LogP contribution in [0.4, 0.5) is 26.3 Å². The van der Waals surface area contributed by atoms with Crippen LogP contribution in [0, 0.1) is 0 Å². The molecule has 0 aliphatic rings. The average Bonchev–Trinajstić information content (AvgIpc) is 2.57. The molecule has 0 saturated heterocycles. The molecule has 0 amide bonds. The molecule has 30 heavy (non-hydrogen) atoms. The molecule has 1 aromatic carbocycles. The van der Waals surface area contributed by atoms with E-state index in [0.717, 1.165) is 12.1 Å². The molecule has 0 aliphatic carbocycles. The van der Waals surface area contributed by atoms with Crippen molar-refractivity contribution in [3.05, 3.63) is 29.3 Å². The van der Waals surface area contributed by atoms with E-state index in [9.17, 15) is 44.3 Å². The first-order chi connectivity index (χ1) is 13.5. The van der Waals surface area contributed by atoms with Gasteiger partial charge in [-0.15, -0.1) is 0 Å². The fourth-order valence-corrected chi connectivity index (χ4v) is 2.98. The van der Waals surface area contributed by atoms with Gasteiger partial charge in [0.2, 0.25) is 0 Å². The van der Waals surface area contributed by atoms with Gasteiger partial charge in [0.05, 0.1) is 7.85 Å². The highest BCUT2D eigenvalue weighted by Gasteiger charge is 2.76. The first kappa shape index (κ1) is 25.8. The number of esters is 2. The zero-order valence-corrected chi connectivity index (χ0v) is 15.8. The summed E-state index contributed by atoms with van der Waals surface area (Å²) in [6, 6.07) is 2.63. The Balaban J connectivity index is 3.59. The molecular weight excluding hydrogens is 449 g/mol. The molecule has 0 aromatic heterocycles. The van der Waals surface area contributed by atoms with E-state index in [1.165, 1.54) is 6.92 Å². The zero-order chi connectivity index (χ0) is 23.5. The highest BCUT2D eigenvalue weighted by atomic mass is 32.2. The van der Waals surface area contributed by atoms with E-state index in [2.05, 4.69) is 4.74 Å². The van der Waals surface area contributed by atoms with E-state index in [-0.39, 0.29) is 18.3 Å². The van der Waals surface area contributed by atoms with Crippen LogP contribution < -0.4 is 4.74 Å². The number of hydrogen-bond acceptors (Lipinski definition) is 6. The van der Waals surface area contributed by atoms with Crippen LogP contribution in [0.1, 0.15) is 29.3 Å². The minimum atomic E-state index is -6.49. The second-order valence-electron chi connectivity index (χ2n) is 5.80. The number of benzene rings is 1. The van der Waals surface area contributed by atoms with Crippen molar-refractivity contribution in [2.75, 3.05) is 5.75 Å². The van der Waals surface area contributed by atoms with Gasteiger partial charge in [-0.2, -0.15) is 34.8 Å². The Morgan fingerprint density at radius 1 is 1.10 bits per heavy atom. The minimum absolute atomic E-state index is 0.191. The Morgan fingerprint density at radius 3 is 2.03 bits per heavy atom. The van der Waals surface area contributed by atoms with Gasteiger partial charge in [0.25, 0.3) is 10.1 Å². The van der Waals surface area contributed by atoms with E-state index < -0.39 is 57.1 Å². The number of carbonyl (C=O) groups is 2. The Labute approximate surface area is 167 Å². The second-order valence-corrected chi connectivity index (χ2v) is 7.25. The first-order valence-electron chi connectivity index (χ1n) is 7.83. The topological polar surface area (TPSA) is 107 Å². The molecule has 0 unspecified atom stereocenters. The SMILES string of the molecule is [B]Cc1ccc(C(=O)OC(CS(=O)(=O)O)(C(F)(F)F)C(F)(F)F)c(OC(=O)CC)c1. The molecule has 1 rings (SSSR count). The molecule has 1 N–H and O–H groups in total. The summed E-state index contributed by atoms with van der Waals surface area (Å²) in [5.41, 5.74) is -6.44. The smallest absolute Gasteiger partial charge is 0.434 e. The van der Waals surface area contributed by atoms with Gasteiger partial charge < -0.3 is 9.47 Å². The Bertz CT molecular complexity index is 897. The lowest BCUT2D eigenvalue weighted by Crippen LogP contribution is -2.63. The number of rotatable bonds is 7. The maximum atomic E-state index is 13.3. The molecule has 1 aromatic rings. The predicted molar refractivity (Wildman–Crippen MR) is 88.5 cm³/mol. The van der Waals surface area contributed by atoms with Crippen molar-refractivity contribution in [2.45, 2.75) is 37.6 Å². The number of alkyl halides is 6. The highest BCUT2D eigenvalue weighted by molar-refractivity contribution is 7.85. The fraction of sp³-hybridized carbons (Fsp3) is 0.467. The van der Waals surface area contributed by atoms with Crippen molar-refractivity contribution >= 4 is 29.9 Å². The molecule has 0 fully saturated rings. The molecule has 0 aliphatic heterocycles. The van der Waals surface area contributed by atoms with Crippen LogP contribution in [0.3, 0.4) is 0 Å². The Morgan fingerprint density at radius 2 is 1.63 bits per heavy atom. The van der Waals surface area contributed by atoms with E-state index >= 15 is 0 Å². The van der Waals surface area contributed by atoms with Gasteiger partial charge in [0.15, 0.2) is 0 Å². The molecule has 0 heterocycles. The third kappa shape index (κ3) is 5.87. The van der Waals surface area contributed by atoms with Crippen molar-refractivity contribution in [3.8, 4) is 5.75 Å². The number of ether oxygens (including phenoxy) is 2. The molecule has 7 nitrogen and oxygen atoms in total. The van der Waals surface area contributed by atoms with Crippen LogP contribution in [-0.4, -0.2) is 56.5 Å². The molecular formula is C15H13BF6O7S. The summed E-state index contributed by atoms with van der Waals surface area (Å²) < 4.78 is 118. The summed E-state index contributed by atoms with van der Waals surface area (Å²) in [6.45, 7) is 1.32. The van der Waals surface area contributed by atoms with E-state index in [1.54, 1.807) is 0 Å². The molecule has 0 saturated carbocycles.